The van der Waals surface area contributed by atoms with E-state index in [1.165, 1.54) is 4.90 Å². The molecular formula is C28H25Br2ClN2O5. The van der Waals surface area contributed by atoms with Crippen LogP contribution in [0.4, 0.5) is 11.4 Å². The van der Waals surface area contributed by atoms with Crippen molar-refractivity contribution in [3.05, 3.63) is 52.5 Å². The molecule has 7 atom stereocenters. The van der Waals surface area contributed by atoms with E-state index in [1.807, 2.05) is 13.0 Å². The van der Waals surface area contributed by atoms with Crippen LogP contribution in [0, 0.1) is 43.4 Å². The quantitative estimate of drug-likeness (QED) is 0.194. The highest BCUT2D eigenvalue weighted by molar-refractivity contribution is 9.12. The predicted octanol–water partition coefficient (Wildman–Crippen LogP) is 5.20. The molecule has 6 rings (SSSR count). The molecule has 2 aromatic carbocycles. The summed E-state index contributed by atoms with van der Waals surface area (Å²) in [5.41, 5.74) is 2.65. The summed E-state index contributed by atoms with van der Waals surface area (Å²) in [5, 5.41) is 0.558. The molecule has 0 radical (unpaired) electrons. The van der Waals surface area contributed by atoms with E-state index in [0.29, 0.717) is 27.7 Å². The lowest BCUT2D eigenvalue weighted by atomic mass is 9.81. The minimum atomic E-state index is -0.619. The van der Waals surface area contributed by atoms with Crippen molar-refractivity contribution in [2.24, 2.45) is 29.6 Å². The lowest BCUT2D eigenvalue weighted by molar-refractivity contribution is -0.139. The average Bonchev–Trinajstić information content (AvgIpc) is 3.59. The first-order valence-corrected chi connectivity index (χ1v) is 14.8. The van der Waals surface area contributed by atoms with Crippen LogP contribution >= 0.6 is 43.5 Å². The molecule has 4 fully saturated rings. The monoisotopic (exact) mass is 662 g/mol. The van der Waals surface area contributed by atoms with Crippen molar-refractivity contribution in [1.29, 1.82) is 0 Å². The van der Waals surface area contributed by atoms with Gasteiger partial charge in [-0.15, -0.1) is 0 Å². The molecule has 198 valence electrons. The Labute approximate surface area is 242 Å². The van der Waals surface area contributed by atoms with Crippen LogP contribution in [0.1, 0.15) is 24.0 Å². The Kier molecular flexibility index (Phi) is 6.47. The van der Waals surface area contributed by atoms with Gasteiger partial charge in [-0.05, 0) is 73.6 Å². The number of amides is 3. The van der Waals surface area contributed by atoms with Gasteiger partial charge in [0.15, 0.2) is 0 Å². The number of benzene rings is 2. The number of imide groups is 1. The number of alkyl halides is 2. The molecule has 10 heteroatoms. The molecule has 2 aromatic rings. The Hall–Kier alpha value is -2.23. The Morgan fingerprint density at radius 2 is 1.63 bits per heavy atom. The number of aryl methyl sites for hydroxylation is 1. The molecule has 2 saturated carbocycles. The molecule has 2 saturated heterocycles. The zero-order valence-corrected chi connectivity index (χ0v) is 24.6. The van der Waals surface area contributed by atoms with Gasteiger partial charge in [-0.25, -0.2) is 4.90 Å². The van der Waals surface area contributed by atoms with E-state index in [4.69, 9.17) is 16.3 Å². The maximum atomic E-state index is 13.4. The first-order valence-electron chi connectivity index (χ1n) is 12.6. The summed E-state index contributed by atoms with van der Waals surface area (Å²) in [6, 6.07) is 10.3. The van der Waals surface area contributed by atoms with Crippen LogP contribution in [0.5, 0.6) is 5.75 Å². The number of rotatable bonds is 4. The van der Waals surface area contributed by atoms with Crippen LogP contribution in [0.3, 0.4) is 0 Å². The number of carbonyl (C=O) groups excluding carboxylic acids is 4. The van der Waals surface area contributed by atoms with Crippen LogP contribution in [-0.4, -0.2) is 39.9 Å². The molecule has 2 aliphatic carbocycles. The fraction of sp³-hybridized carbons (Fsp3) is 0.429. The smallest absolute Gasteiger partial charge is 0.316 e. The molecule has 0 unspecified atom stereocenters. The second kappa shape index (κ2) is 9.45. The Bertz CT molecular complexity index is 1370. The lowest BCUT2D eigenvalue weighted by Gasteiger charge is -2.28. The fourth-order valence-corrected chi connectivity index (χ4v) is 8.76. The van der Waals surface area contributed by atoms with Gasteiger partial charge in [0.05, 0.1) is 23.4 Å². The van der Waals surface area contributed by atoms with Gasteiger partial charge in [0, 0.05) is 33.3 Å². The summed E-state index contributed by atoms with van der Waals surface area (Å²) < 4.78 is 5.64. The summed E-state index contributed by atoms with van der Waals surface area (Å²) in [5.74, 6) is -1.59. The number of fused-ring (bicyclic) bond motifs is 5. The van der Waals surface area contributed by atoms with Gasteiger partial charge in [-0.2, -0.15) is 0 Å². The third-order valence-corrected chi connectivity index (χ3v) is 12.2. The van der Waals surface area contributed by atoms with Crippen molar-refractivity contribution in [1.82, 2.24) is 0 Å². The number of hydrogen-bond donors (Lipinski definition) is 0. The van der Waals surface area contributed by atoms with Crippen molar-refractivity contribution in [2.75, 3.05) is 16.3 Å². The maximum Gasteiger partial charge on any atom is 0.316 e. The van der Waals surface area contributed by atoms with Crippen LogP contribution in [0.25, 0.3) is 0 Å². The highest BCUT2D eigenvalue weighted by Crippen LogP contribution is 2.60. The van der Waals surface area contributed by atoms with Gasteiger partial charge in [-0.3, -0.25) is 19.2 Å². The third-order valence-electron chi connectivity index (χ3n) is 8.60. The second-order valence-electron chi connectivity index (χ2n) is 10.7. The van der Waals surface area contributed by atoms with E-state index in [0.717, 1.165) is 12.0 Å². The SMILES string of the molecule is Cc1cc(OC(=O)[C@@H]2CC(=O)N(c3cccc(Cl)c3C)C2)ccc1N1C(=O)[C@@H]2[C@H]3C[C@@H]([C@H](Br)[C@@H]3Br)[C@@H]2C1=O. The fourth-order valence-electron chi connectivity index (χ4n) is 6.71. The highest BCUT2D eigenvalue weighted by atomic mass is 79.9. The van der Waals surface area contributed by atoms with Gasteiger partial charge >= 0.3 is 5.97 Å². The summed E-state index contributed by atoms with van der Waals surface area (Å²) >= 11 is 13.6. The topological polar surface area (TPSA) is 84.0 Å². The highest BCUT2D eigenvalue weighted by Gasteiger charge is 2.66. The van der Waals surface area contributed by atoms with Gasteiger partial charge in [0.2, 0.25) is 17.7 Å². The lowest BCUT2D eigenvalue weighted by Crippen LogP contribution is -2.37. The maximum absolute atomic E-state index is 13.4. The van der Waals surface area contributed by atoms with Crippen LogP contribution in [0.2, 0.25) is 5.02 Å². The minimum absolute atomic E-state index is 0.0485. The molecule has 2 aliphatic heterocycles. The molecule has 2 bridgehead atoms. The minimum Gasteiger partial charge on any atom is -0.426 e. The molecule has 4 aliphatic rings. The van der Waals surface area contributed by atoms with Crippen molar-refractivity contribution < 1.29 is 23.9 Å². The molecule has 0 aromatic heterocycles. The van der Waals surface area contributed by atoms with Crippen molar-refractivity contribution in [3.63, 3.8) is 0 Å². The standard InChI is InChI=1S/C28H25Br2ClN2O5/c1-12-8-15(38-28(37)14-9-21(34)32(11-14)20-5-3-4-18(31)13(20)2)6-7-19(12)33-26(35)22-16-10-17(23(22)27(33)36)25(30)24(16)29/h3-8,14,16-17,22-25H,9-11H2,1-2H3/t14-,16-,17-,22-,23+,24-,25+/m1/s1. The Morgan fingerprint density at radius 3 is 2.26 bits per heavy atom. The first-order chi connectivity index (χ1) is 18.1. The van der Waals surface area contributed by atoms with E-state index in [9.17, 15) is 19.2 Å². The zero-order valence-electron chi connectivity index (χ0n) is 20.7. The molecule has 3 amide bonds. The van der Waals surface area contributed by atoms with E-state index in [1.54, 1.807) is 42.2 Å². The number of anilines is 2. The third kappa shape index (κ3) is 3.87. The van der Waals surface area contributed by atoms with E-state index in [2.05, 4.69) is 31.9 Å². The zero-order chi connectivity index (χ0) is 27.0. The van der Waals surface area contributed by atoms with Crippen molar-refractivity contribution >= 4 is 78.5 Å². The number of esters is 1. The molecule has 7 nitrogen and oxygen atoms in total. The second-order valence-corrected chi connectivity index (χ2v) is 13.2. The van der Waals surface area contributed by atoms with E-state index < -0.39 is 11.9 Å². The summed E-state index contributed by atoms with van der Waals surface area (Å²) in [4.78, 5) is 55.7. The normalized spacial score (nSPS) is 31.9. The van der Waals surface area contributed by atoms with Crippen LogP contribution in [0.15, 0.2) is 36.4 Å². The van der Waals surface area contributed by atoms with E-state index >= 15 is 0 Å². The van der Waals surface area contributed by atoms with Gasteiger partial charge in [0.25, 0.3) is 0 Å². The Balaban J connectivity index is 1.17. The molecule has 0 spiro atoms. The van der Waals surface area contributed by atoms with E-state index in [-0.39, 0.29) is 64.0 Å². The number of halogens is 3. The summed E-state index contributed by atoms with van der Waals surface area (Å²) in [7, 11) is 0. The average molecular weight is 665 g/mol. The molecule has 0 N–H and O–H groups in total. The van der Waals surface area contributed by atoms with Crippen molar-refractivity contribution in [2.45, 2.75) is 36.3 Å². The number of nitrogens with zero attached hydrogens (tertiary/aromatic N) is 2. The summed E-state index contributed by atoms with van der Waals surface area (Å²) in [6.07, 6.45) is 0.922. The molecule has 2 heterocycles. The van der Waals surface area contributed by atoms with Crippen molar-refractivity contribution in [3.8, 4) is 5.75 Å². The molecular weight excluding hydrogens is 640 g/mol. The van der Waals surface area contributed by atoms with Gasteiger partial charge in [-0.1, -0.05) is 49.5 Å². The largest absolute Gasteiger partial charge is 0.426 e. The number of hydrogen-bond acceptors (Lipinski definition) is 5. The number of ether oxygens (including phenoxy) is 1. The summed E-state index contributed by atoms with van der Waals surface area (Å²) in [6.45, 7) is 3.84. The number of carbonyl (C=O) groups is 4. The van der Waals surface area contributed by atoms with Crippen LogP contribution in [-0.2, 0) is 19.2 Å². The van der Waals surface area contributed by atoms with Gasteiger partial charge < -0.3 is 9.64 Å². The van der Waals surface area contributed by atoms with Gasteiger partial charge in [0.1, 0.15) is 5.75 Å². The first kappa shape index (κ1) is 26.0. The predicted molar refractivity (Wildman–Crippen MR) is 150 cm³/mol. The van der Waals surface area contributed by atoms with Crippen LogP contribution < -0.4 is 14.5 Å². The molecule has 38 heavy (non-hydrogen) atoms. The Morgan fingerprint density at radius 1 is 0.974 bits per heavy atom.